The van der Waals surface area contributed by atoms with Crippen LogP contribution in [0, 0.1) is 0 Å². The molecule has 1 heterocycles. The van der Waals surface area contributed by atoms with Crippen LogP contribution in [0.4, 0.5) is 0 Å². The van der Waals surface area contributed by atoms with Crippen LogP contribution in [0.25, 0.3) is 11.4 Å². The summed E-state index contributed by atoms with van der Waals surface area (Å²) in [4.78, 5) is 16.5. The van der Waals surface area contributed by atoms with Crippen LogP contribution in [0.5, 0.6) is 0 Å². The number of hydrogen-bond donors (Lipinski definition) is 1. The van der Waals surface area contributed by atoms with Gasteiger partial charge in [-0.05, 0) is 48.9 Å². The molecule has 0 radical (unpaired) electrons. The van der Waals surface area contributed by atoms with Crippen molar-refractivity contribution in [3.8, 4) is 11.4 Å². The summed E-state index contributed by atoms with van der Waals surface area (Å²) < 4.78 is 5.21. The molecule has 0 spiro atoms. The highest BCUT2D eigenvalue weighted by Crippen LogP contribution is 2.19. The molecule has 0 aliphatic carbocycles. The molecule has 1 aromatic heterocycles. The molecule has 1 atom stereocenters. The molecule has 1 unspecified atom stereocenters. The molecule has 1 N–H and O–H groups in total. The summed E-state index contributed by atoms with van der Waals surface area (Å²) in [5, 5.41) is 8.19. The maximum absolute atomic E-state index is 12.1. The van der Waals surface area contributed by atoms with E-state index in [4.69, 9.17) is 27.7 Å². The molecule has 0 aliphatic heterocycles. The third-order valence-electron chi connectivity index (χ3n) is 3.88. The van der Waals surface area contributed by atoms with Crippen molar-refractivity contribution in [2.45, 2.75) is 25.8 Å². The van der Waals surface area contributed by atoms with Gasteiger partial charge in [0.25, 0.3) is 0 Å². The van der Waals surface area contributed by atoms with E-state index in [2.05, 4.69) is 15.5 Å². The molecule has 2 aromatic carbocycles. The number of carbonyl (C=O) groups is 1. The van der Waals surface area contributed by atoms with E-state index >= 15 is 0 Å². The SMILES string of the molecule is CC(NC(=O)CCc1nc(-c2ccc(Cl)cc2)no1)c1ccc(Cl)cc1. The minimum Gasteiger partial charge on any atom is -0.350 e. The number of carbonyl (C=O) groups excluding carboxylic acids is 1. The van der Waals surface area contributed by atoms with E-state index in [0.717, 1.165) is 11.1 Å². The first-order valence-corrected chi connectivity index (χ1v) is 8.90. The predicted molar refractivity (Wildman–Crippen MR) is 101 cm³/mol. The minimum atomic E-state index is -0.105. The second kappa shape index (κ2) is 8.34. The largest absolute Gasteiger partial charge is 0.350 e. The zero-order chi connectivity index (χ0) is 18.5. The van der Waals surface area contributed by atoms with Gasteiger partial charge in [0.05, 0.1) is 6.04 Å². The molecule has 0 aliphatic rings. The topological polar surface area (TPSA) is 68.0 Å². The fourth-order valence-electron chi connectivity index (χ4n) is 2.44. The third kappa shape index (κ3) is 4.84. The Labute approximate surface area is 161 Å². The number of aromatic nitrogens is 2. The van der Waals surface area contributed by atoms with Crippen LogP contribution >= 0.6 is 23.2 Å². The van der Waals surface area contributed by atoms with Gasteiger partial charge in [-0.3, -0.25) is 4.79 Å². The summed E-state index contributed by atoms with van der Waals surface area (Å²) >= 11 is 11.7. The highest BCUT2D eigenvalue weighted by atomic mass is 35.5. The molecule has 0 saturated carbocycles. The number of halogens is 2. The summed E-state index contributed by atoms with van der Waals surface area (Å²) in [5.41, 5.74) is 1.80. The number of aryl methyl sites for hydroxylation is 1. The maximum Gasteiger partial charge on any atom is 0.227 e. The monoisotopic (exact) mass is 389 g/mol. The summed E-state index contributed by atoms with van der Waals surface area (Å²) in [6.07, 6.45) is 0.639. The highest BCUT2D eigenvalue weighted by molar-refractivity contribution is 6.30. The number of nitrogens with one attached hydrogen (secondary N) is 1. The zero-order valence-electron chi connectivity index (χ0n) is 14.1. The van der Waals surface area contributed by atoms with Crippen molar-refractivity contribution in [3.05, 3.63) is 70.0 Å². The van der Waals surface area contributed by atoms with Gasteiger partial charge in [-0.25, -0.2) is 0 Å². The lowest BCUT2D eigenvalue weighted by molar-refractivity contribution is -0.121. The number of benzene rings is 2. The van der Waals surface area contributed by atoms with Crippen molar-refractivity contribution < 1.29 is 9.32 Å². The number of nitrogens with zero attached hydrogens (tertiary/aromatic N) is 2. The molecule has 0 saturated heterocycles. The number of amides is 1. The Morgan fingerprint density at radius 2 is 1.69 bits per heavy atom. The van der Waals surface area contributed by atoms with E-state index in [-0.39, 0.29) is 18.4 Å². The van der Waals surface area contributed by atoms with E-state index in [1.807, 2.05) is 31.2 Å². The summed E-state index contributed by atoms with van der Waals surface area (Å²) in [5.74, 6) is 0.814. The van der Waals surface area contributed by atoms with Crippen LogP contribution in [-0.4, -0.2) is 16.0 Å². The van der Waals surface area contributed by atoms with Crippen LogP contribution in [0.15, 0.2) is 53.1 Å². The van der Waals surface area contributed by atoms with Crippen molar-refractivity contribution in [2.75, 3.05) is 0 Å². The van der Waals surface area contributed by atoms with Gasteiger partial charge < -0.3 is 9.84 Å². The molecular formula is C19H17Cl2N3O2. The first kappa shape index (κ1) is 18.4. The van der Waals surface area contributed by atoms with Gasteiger partial charge in [-0.2, -0.15) is 4.98 Å². The van der Waals surface area contributed by atoms with Gasteiger partial charge >= 0.3 is 0 Å². The van der Waals surface area contributed by atoms with Crippen LogP contribution in [0.2, 0.25) is 10.0 Å². The lowest BCUT2D eigenvalue weighted by Gasteiger charge is -2.14. The molecule has 5 nitrogen and oxygen atoms in total. The van der Waals surface area contributed by atoms with Gasteiger partial charge in [-0.1, -0.05) is 40.5 Å². The Hall–Kier alpha value is -2.37. The molecule has 0 fully saturated rings. The fraction of sp³-hybridized carbons (Fsp3) is 0.211. The van der Waals surface area contributed by atoms with Gasteiger partial charge in [0.15, 0.2) is 0 Å². The molecule has 3 rings (SSSR count). The summed E-state index contributed by atoms with van der Waals surface area (Å²) in [6.45, 7) is 1.92. The fourth-order valence-corrected chi connectivity index (χ4v) is 2.69. The normalized spacial score (nSPS) is 12.0. The lowest BCUT2D eigenvalue weighted by atomic mass is 10.1. The molecule has 3 aromatic rings. The first-order valence-electron chi connectivity index (χ1n) is 8.14. The Balaban J connectivity index is 1.53. The van der Waals surface area contributed by atoms with E-state index in [9.17, 15) is 4.79 Å². The standard InChI is InChI=1S/C19H17Cl2N3O2/c1-12(13-2-6-15(20)7-3-13)22-17(25)10-11-18-23-19(24-26-18)14-4-8-16(21)9-5-14/h2-9,12H,10-11H2,1H3,(H,22,25). The summed E-state index contributed by atoms with van der Waals surface area (Å²) in [6, 6.07) is 14.4. The highest BCUT2D eigenvalue weighted by Gasteiger charge is 2.13. The van der Waals surface area contributed by atoms with Crippen molar-refractivity contribution >= 4 is 29.1 Å². The van der Waals surface area contributed by atoms with Gasteiger partial charge in [0.1, 0.15) is 0 Å². The third-order valence-corrected chi connectivity index (χ3v) is 4.39. The number of hydrogen-bond acceptors (Lipinski definition) is 4. The Bertz CT molecular complexity index is 877. The lowest BCUT2D eigenvalue weighted by Crippen LogP contribution is -2.26. The Kier molecular flexibility index (Phi) is 5.91. The van der Waals surface area contributed by atoms with E-state index in [1.165, 1.54) is 0 Å². The predicted octanol–water partition coefficient (Wildman–Crippen LogP) is 4.85. The first-order chi connectivity index (χ1) is 12.5. The minimum absolute atomic E-state index is 0.0845. The summed E-state index contributed by atoms with van der Waals surface area (Å²) in [7, 11) is 0. The molecule has 0 bridgehead atoms. The van der Waals surface area contributed by atoms with Crippen LogP contribution < -0.4 is 5.32 Å². The average Bonchev–Trinajstić information content (AvgIpc) is 3.10. The quantitative estimate of drug-likeness (QED) is 0.653. The van der Waals surface area contributed by atoms with E-state index in [0.29, 0.717) is 28.2 Å². The van der Waals surface area contributed by atoms with Gasteiger partial charge in [0.2, 0.25) is 17.6 Å². The molecule has 134 valence electrons. The molecule has 1 amide bonds. The molecule has 7 heteroatoms. The van der Waals surface area contributed by atoms with Crippen molar-refractivity contribution in [1.29, 1.82) is 0 Å². The van der Waals surface area contributed by atoms with Crippen molar-refractivity contribution in [2.24, 2.45) is 0 Å². The maximum atomic E-state index is 12.1. The van der Waals surface area contributed by atoms with Crippen LogP contribution in [0.1, 0.15) is 30.8 Å². The van der Waals surface area contributed by atoms with E-state index in [1.54, 1.807) is 24.3 Å². The second-order valence-corrected chi connectivity index (χ2v) is 6.73. The molecular weight excluding hydrogens is 373 g/mol. The van der Waals surface area contributed by atoms with Gasteiger partial charge in [-0.15, -0.1) is 0 Å². The second-order valence-electron chi connectivity index (χ2n) is 5.86. The Morgan fingerprint density at radius 1 is 1.08 bits per heavy atom. The molecule has 26 heavy (non-hydrogen) atoms. The Morgan fingerprint density at radius 3 is 2.35 bits per heavy atom. The van der Waals surface area contributed by atoms with Crippen molar-refractivity contribution in [3.63, 3.8) is 0 Å². The van der Waals surface area contributed by atoms with Crippen LogP contribution in [0.3, 0.4) is 0 Å². The van der Waals surface area contributed by atoms with E-state index < -0.39 is 0 Å². The van der Waals surface area contributed by atoms with Crippen LogP contribution in [-0.2, 0) is 11.2 Å². The van der Waals surface area contributed by atoms with Gasteiger partial charge in [0, 0.05) is 28.5 Å². The van der Waals surface area contributed by atoms with Crippen molar-refractivity contribution in [1.82, 2.24) is 15.5 Å². The average molecular weight is 390 g/mol. The smallest absolute Gasteiger partial charge is 0.227 e. The zero-order valence-corrected chi connectivity index (χ0v) is 15.6. The number of rotatable bonds is 6.